The zero-order valence-corrected chi connectivity index (χ0v) is 10.6. The van der Waals surface area contributed by atoms with Crippen LogP contribution in [-0.2, 0) is 9.31 Å². The zero-order valence-electron chi connectivity index (χ0n) is 10.6. The molecule has 0 radical (unpaired) electrons. The Balaban J connectivity index is 2.22. The largest absolute Gasteiger partial charge is 0.494 e. The van der Waals surface area contributed by atoms with E-state index in [1.807, 2.05) is 45.0 Å². The molecule has 1 aromatic rings. The van der Waals surface area contributed by atoms with Crippen molar-refractivity contribution in [3.8, 4) is 0 Å². The van der Waals surface area contributed by atoms with Gasteiger partial charge in [-0.15, -0.1) is 0 Å². The second-order valence-electron chi connectivity index (χ2n) is 5.31. The summed E-state index contributed by atoms with van der Waals surface area (Å²) in [5.41, 5.74) is 0.771. The Bertz CT molecular complexity index is 412. The van der Waals surface area contributed by atoms with E-state index in [4.69, 9.17) is 9.31 Å². The third-order valence-corrected chi connectivity index (χ3v) is 3.55. The average molecular weight is 234 g/mol. The highest BCUT2D eigenvalue weighted by atomic mass is 16.7. The van der Waals surface area contributed by atoms with Crippen LogP contribution in [0.15, 0.2) is 24.3 Å². The summed E-state index contributed by atoms with van der Waals surface area (Å²) in [6, 6.07) is 7.10. The lowest BCUT2D eigenvalue weighted by Gasteiger charge is -2.32. The molecule has 0 spiro atoms. The maximum atomic E-state index is 10.5. The predicted octanol–water partition coefficient (Wildman–Crippen LogP) is 0.464. The molecule has 1 aromatic carbocycles. The molecule has 90 valence electrons. The summed E-state index contributed by atoms with van der Waals surface area (Å²) >= 11 is 0. The van der Waals surface area contributed by atoms with Gasteiger partial charge in [0.15, 0.2) is 0 Å². The fraction of sp³-hybridized carbons (Fsp3) is 0.500. The van der Waals surface area contributed by atoms with Crippen molar-refractivity contribution in [1.82, 2.24) is 0 Å². The SMILES string of the molecule is CC1(C)OB(c2ccc([NH+]=O)cc2)OC1(C)C. The first-order chi connectivity index (χ1) is 7.86. The third kappa shape index (κ3) is 2.12. The number of rotatable bonds is 2. The van der Waals surface area contributed by atoms with Crippen LogP contribution in [-0.4, -0.2) is 18.3 Å². The van der Waals surface area contributed by atoms with Crippen molar-refractivity contribution < 1.29 is 14.5 Å². The Hall–Kier alpha value is -1.20. The van der Waals surface area contributed by atoms with Crippen molar-refractivity contribution in [2.45, 2.75) is 38.9 Å². The first-order valence-corrected chi connectivity index (χ1v) is 5.69. The topological polar surface area (TPSA) is 49.5 Å². The molecular weight excluding hydrogens is 217 g/mol. The van der Waals surface area contributed by atoms with Crippen LogP contribution in [0.1, 0.15) is 27.7 Å². The Morgan fingerprint density at radius 3 is 1.88 bits per heavy atom. The van der Waals surface area contributed by atoms with Crippen LogP contribution in [0.2, 0.25) is 0 Å². The number of nitroso groups, excluding NO2 is 1. The molecular formula is C12H17BNO3+. The molecule has 0 saturated carbocycles. The standard InChI is InChI=1S/C12H16BNO3/c1-11(2)12(3,4)17-13(16-11)9-5-7-10(14-15)8-6-9/h5-8H,1-4H3/p+1. The van der Waals surface area contributed by atoms with E-state index in [1.54, 1.807) is 12.1 Å². The van der Waals surface area contributed by atoms with E-state index in [0.717, 1.165) is 5.46 Å². The molecule has 0 bridgehead atoms. The molecule has 0 aliphatic carbocycles. The number of benzene rings is 1. The Morgan fingerprint density at radius 1 is 1.00 bits per heavy atom. The highest BCUT2D eigenvalue weighted by Crippen LogP contribution is 2.36. The quantitative estimate of drug-likeness (QED) is 0.756. The maximum absolute atomic E-state index is 10.5. The van der Waals surface area contributed by atoms with Crippen LogP contribution in [0.5, 0.6) is 0 Å². The first-order valence-electron chi connectivity index (χ1n) is 5.69. The van der Waals surface area contributed by atoms with Gasteiger partial charge in [0, 0.05) is 22.2 Å². The molecule has 1 saturated heterocycles. The lowest BCUT2D eigenvalue weighted by molar-refractivity contribution is -0.379. The van der Waals surface area contributed by atoms with Gasteiger partial charge in [0.05, 0.1) is 11.2 Å². The van der Waals surface area contributed by atoms with Gasteiger partial charge in [0.1, 0.15) is 0 Å². The summed E-state index contributed by atoms with van der Waals surface area (Å²) < 4.78 is 11.8. The van der Waals surface area contributed by atoms with Crippen molar-refractivity contribution in [1.29, 1.82) is 0 Å². The summed E-state index contributed by atoms with van der Waals surface area (Å²) in [6.07, 6.45) is 0. The smallest absolute Gasteiger partial charge is 0.399 e. The van der Waals surface area contributed by atoms with Crippen molar-refractivity contribution in [3.63, 3.8) is 0 Å². The Morgan fingerprint density at radius 2 is 1.47 bits per heavy atom. The van der Waals surface area contributed by atoms with E-state index in [2.05, 4.69) is 0 Å². The van der Waals surface area contributed by atoms with E-state index >= 15 is 0 Å². The Kier molecular flexibility index (Phi) is 2.83. The summed E-state index contributed by atoms with van der Waals surface area (Å²) in [7, 11) is -0.374. The minimum atomic E-state index is -0.374. The van der Waals surface area contributed by atoms with Crippen LogP contribution in [0, 0.1) is 4.91 Å². The molecule has 1 aliphatic rings. The highest BCUT2D eigenvalue weighted by Gasteiger charge is 2.51. The van der Waals surface area contributed by atoms with Crippen LogP contribution < -0.4 is 10.6 Å². The molecule has 1 N–H and O–H groups in total. The summed E-state index contributed by atoms with van der Waals surface area (Å²) in [5, 5.41) is 1.85. The number of nitrogens with one attached hydrogen (secondary N) is 1. The van der Waals surface area contributed by atoms with Crippen molar-refractivity contribution in [3.05, 3.63) is 29.2 Å². The summed E-state index contributed by atoms with van der Waals surface area (Å²) in [5.74, 6) is 0. The second kappa shape index (κ2) is 3.93. The highest BCUT2D eigenvalue weighted by molar-refractivity contribution is 6.62. The molecule has 0 unspecified atom stereocenters. The van der Waals surface area contributed by atoms with Gasteiger partial charge in [-0.25, -0.2) is 0 Å². The van der Waals surface area contributed by atoms with Crippen LogP contribution in [0.4, 0.5) is 5.69 Å². The predicted molar refractivity (Wildman–Crippen MR) is 66.1 cm³/mol. The molecule has 17 heavy (non-hydrogen) atoms. The molecule has 0 atom stereocenters. The monoisotopic (exact) mass is 234 g/mol. The van der Waals surface area contributed by atoms with Gasteiger partial charge in [0.2, 0.25) is 0 Å². The van der Waals surface area contributed by atoms with E-state index in [-0.39, 0.29) is 18.3 Å². The fourth-order valence-corrected chi connectivity index (χ4v) is 1.69. The van der Waals surface area contributed by atoms with Gasteiger partial charge < -0.3 is 9.31 Å². The molecule has 0 amide bonds. The lowest BCUT2D eigenvalue weighted by atomic mass is 9.79. The average Bonchev–Trinajstić information content (AvgIpc) is 2.48. The second-order valence-corrected chi connectivity index (χ2v) is 5.31. The first kappa shape index (κ1) is 12.3. The van der Waals surface area contributed by atoms with Crippen molar-refractivity contribution in [2.75, 3.05) is 0 Å². The van der Waals surface area contributed by atoms with Gasteiger partial charge >= 0.3 is 7.12 Å². The normalized spacial score (nSPS) is 21.5. The Labute approximate surface area is 101 Å². The zero-order chi connectivity index (χ0) is 12.7. The van der Waals surface area contributed by atoms with E-state index in [9.17, 15) is 4.91 Å². The molecule has 1 heterocycles. The van der Waals surface area contributed by atoms with Gasteiger partial charge in [-0.3, -0.25) is 0 Å². The molecule has 0 aromatic heterocycles. The molecule has 1 aliphatic heterocycles. The number of hydrogen-bond acceptors (Lipinski definition) is 3. The third-order valence-electron chi connectivity index (χ3n) is 3.55. The molecule has 1 fully saturated rings. The van der Waals surface area contributed by atoms with E-state index < -0.39 is 0 Å². The van der Waals surface area contributed by atoms with E-state index in [1.165, 1.54) is 0 Å². The minimum Gasteiger partial charge on any atom is -0.399 e. The summed E-state index contributed by atoms with van der Waals surface area (Å²) in [6.45, 7) is 8.06. The molecule has 2 rings (SSSR count). The molecule has 4 nitrogen and oxygen atoms in total. The van der Waals surface area contributed by atoms with Crippen LogP contribution in [0.3, 0.4) is 0 Å². The number of hydrogen-bond donors (Lipinski definition) is 1. The summed E-state index contributed by atoms with van der Waals surface area (Å²) in [4.78, 5) is 10.5. The molecule has 5 heteroatoms. The van der Waals surface area contributed by atoms with Gasteiger partial charge in [-0.05, 0) is 33.2 Å². The minimum absolute atomic E-state index is 0.340. The van der Waals surface area contributed by atoms with Crippen LogP contribution in [0.25, 0.3) is 0 Å². The van der Waals surface area contributed by atoms with Crippen molar-refractivity contribution in [2.24, 2.45) is 0 Å². The van der Waals surface area contributed by atoms with Crippen molar-refractivity contribution >= 4 is 18.3 Å². The maximum Gasteiger partial charge on any atom is 0.494 e. The fourth-order valence-electron chi connectivity index (χ4n) is 1.69. The van der Waals surface area contributed by atoms with Gasteiger partial charge in [-0.2, -0.15) is 0 Å². The van der Waals surface area contributed by atoms with E-state index in [0.29, 0.717) is 5.69 Å². The van der Waals surface area contributed by atoms with Gasteiger partial charge in [0.25, 0.3) is 5.69 Å². The van der Waals surface area contributed by atoms with Crippen LogP contribution >= 0.6 is 0 Å². The lowest BCUT2D eigenvalue weighted by Crippen LogP contribution is -2.55. The van der Waals surface area contributed by atoms with Gasteiger partial charge in [-0.1, -0.05) is 12.1 Å².